The number of benzene rings is 3. The van der Waals surface area contributed by atoms with E-state index in [1.807, 2.05) is 18.2 Å². The minimum absolute atomic E-state index is 0.207. The molecule has 8 heteroatoms. The van der Waals surface area contributed by atoms with Gasteiger partial charge in [-0.3, -0.25) is 5.43 Å². The van der Waals surface area contributed by atoms with Gasteiger partial charge in [0.05, 0.1) is 29.1 Å². The monoisotopic (exact) mass is 473 g/mol. The molecule has 0 aromatic heterocycles. The fourth-order valence-electron chi connectivity index (χ4n) is 2.57. The molecular weight excluding hydrogens is 459 g/mol. The normalized spacial score (nSPS) is 11.3. The van der Waals surface area contributed by atoms with Gasteiger partial charge in [-0.25, -0.2) is 0 Å². The molecule has 30 heavy (non-hydrogen) atoms. The first-order valence-electron chi connectivity index (χ1n) is 8.73. The molecule has 0 heterocycles. The molecule has 3 rings (SSSR count). The molecule has 0 bridgehead atoms. The molecule has 3 aromatic carbocycles. The van der Waals surface area contributed by atoms with Crippen LogP contribution in [0, 0.1) is 11.3 Å². The number of nitrogens with one attached hydrogen (secondary N) is 1. The van der Waals surface area contributed by atoms with E-state index < -0.39 is 11.7 Å². The fraction of sp³-hybridized carbons (Fsp3) is 0.0909. The van der Waals surface area contributed by atoms with Crippen molar-refractivity contribution in [2.24, 2.45) is 5.10 Å². The number of hydrazone groups is 1. The molecular formula is C22H15BrF3N3O. The Morgan fingerprint density at radius 2 is 1.80 bits per heavy atom. The average molecular weight is 474 g/mol. The smallest absolute Gasteiger partial charge is 0.416 e. The fourth-order valence-corrected chi connectivity index (χ4v) is 2.95. The SMILES string of the molecule is N#Cc1ccccc1COc1ccc(Br)cc1/C=N/Nc1ccc(C(F)(F)F)cc1. The van der Waals surface area contributed by atoms with Crippen molar-refractivity contribution >= 4 is 27.8 Å². The maximum atomic E-state index is 12.6. The van der Waals surface area contributed by atoms with Crippen molar-refractivity contribution in [3.8, 4) is 11.8 Å². The minimum atomic E-state index is -4.38. The summed E-state index contributed by atoms with van der Waals surface area (Å²) in [7, 11) is 0. The van der Waals surface area contributed by atoms with Crippen molar-refractivity contribution in [2.45, 2.75) is 12.8 Å². The van der Waals surface area contributed by atoms with Crippen molar-refractivity contribution < 1.29 is 17.9 Å². The first kappa shape index (κ1) is 21.4. The summed E-state index contributed by atoms with van der Waals surface area (Å²) in [5.41, 5.74) is 4.34. The van der Waals surface area contributed by atoms with E-state index in [9.17, 15) is 18.4 Å². The molecule has 0 unspecified atom stereocenters. The molecule has 0 radical (unpaired) electrons. The number of alkyl halides is 3. The lowest BCUT2D eigenvalue weighted by molar-refractivity contribution is -0.137. The lowest BCUT2D eigenvalue weighted by Crippen LogP contribution is -2.04. The van der Waals surface area contributed by atoms with Crippen LogP contribution in [0.15, 0.2) is 76.3 Å². The number of nitriles is 1. The standard InChI is InChI=1S/C22H15BrF3N3O/c23-19-7-10-21(30-14-16-4-2-1-3-15(16)12-27)17(11-19)13-28-29-20-8-5-18(6-9-20)22(24,25)26/h1-11,13,29H,14H2/b28-13+. The van der Waals surface area contributed by atoms with Gasteiger partial charge in [-0.15, -0.1) is 0 Å². The summed E-state index contributed by atoms with van der Waals surface area (Å²) in [5, 5.41) is 13.3. The van der Waals surface area contributed by atoms with E-state index in [0.29, 0.717) is 22.6 Å². The van der Waals surface area contributed by atoms with Crippen molar-refractivity contribution in [3.63, 3.8) is 0 Å². The van der Waals surface area contributed by atoms with Crippen LogP contribution in [0.2, 0.25) is 0 Å². The summed E-state index contributed by atoms with van der Waals surface area (Å²) < 4.78 is 44.6. The van der Waals surface area contributed by atoms with Crippen LogP contribution in [-0.4, -0.2) is 6.21 Å². The van der Waals surface area contributed by atoms with E-state index in [4.69, 9.17) is 4.74 Å². The van der Waals surface area contributed by atoms with Crippen LogP contribution < -0.4 is 10.2 Å². The molecule has 0 aliphatic carbocycles. The van der Waals surface area contributed by atoms with Gasteiger partial charge in [-0.2, -0.15) is 23.5 Å². The van der Waals surface area contributed by atoms with Crippen LogP contribution in [-0.2, 0) is 12.8 Å². The Labute approximate surface area is 179 Å². The van der Waals surface area contributed by atoms with E-state index in [0.717, 1.165) is 22.2 Å². The molecule has 0 atom stereocenters. The van der Waals surface area contributed by atoms with Gasteiger partial charge in [0.2, 0.25) is 0 Å². The lowest BCUT2D eigenvalue weighted by atomic mass is 10.1. The topological polar surface area (TPSA) is 57.4 Å². The van der Waals surface area contributed by atoms with Crippen molar-refractivity contribution in [3.05, 3.63) is 93.5 Å². The Balaban J connectivity index is 1.71. The number of halogens is 4. The van der Waals surface area contributed by atoms with E-state index in [2.05, 4.69) is 32.5 Å². The summed E-state index contributed by atoms with van der Waals surface area (Å²) in [6.07, 6.45) is -2.87. The molecule has 0 aliphatic rings. The van der Waals surface area contributed by atoms with Crippen LogP contribution in [0.3, 0.4) is 0 Å². The Kier molecular flexibility index (Phi) is 6.75. The third kappa shape index (κ3) is 5.61. The predicted octanol–water partition coefficient (Wildman–Crippen LogP) is 6.36. The number of ether oxygens (including phenoxy) is 1. The summed E-state index contributed by atoms with van der Waals surface area (Å²) in [4.78, 5) is 0. The molecule has 3 aromatic rings. The summed E-state index contributed by atoms with van der Waals surface area (Å²) in [6.45, 7) is 0.207. The van der Waals surface area contributed by atoms with Crippen LogP contribution in [0.25, 0.3) is 0 Å². The largest absolute Gasteiger partial charge is 0.488 e. The van der Waals surface area contributed by atoms with E-state index in [-0.39, 0.29) is 6.61 Å². The number of anilines is 1. The van der Waals surface area contributed by atoms with Gasteiger partial charge in [0.25, 0.3) is 0 Å². The van der Waals surface area contributed by atoms with Gasteiger partial charge in [-0.1, -0.05) is 34.1 Å². The van der Waals surface area contributed by atoms with Crippen molar-refractivity contribution in [1.82, 2.24) is 0 Å². The maximum Gasteiger partial charge on any atom is 0.416 e. The quantitative estimate of drug-likeness (QED) is 0.334. The third-order valence-corrected chi connectivity index (χ3v) is 4.60. The second-order valence-electron chi connectivity index (χ2n) is 6.18. The zero-order valence-corrected chi connectivity index (χ0v) is 17.0. The van der Waals surface area contributed by atoms with Gasteiger partial charge in [0, 0.05) is 15.6 Å². The molecule has 4 nitrogen and oxygen atoms in total. The van der Waals surface area contributed by atoms with Crippen LogP contribution in [0.4, 0.5) is 18.9 Å². The van der Waals surface area contributed by atoms with Gasteiger partial charge >= 0.3 is 6.18 Å². The maximum absolute atomic E-state index is 12.6. The molecule has 0 saturated heterocycles. The average Bonchev–Trinajstić information content (AvgIpc) is 2.73. The zero-order chi connectivity index (χ0) is 21.6. The van der Waals surface area contributed by atoms with E-state index in [1.54, 1.807) is 24.3 Å². The van der Waals surface area contributed by atoms with Crippen LogP contribution in [0.5, 0.6) is 5.75 Å². The molecule has 0 spiro atoms. The zero-order valence-electron chi connectivity index (χ0n) is 15.4. The van der Waals surface area contributed by atoms with Crippen LogP contribution in [0.1, 0.15) is 22.3 Å². The highest BCUT2D eigenvalue weighted by atomic mass is 79.9. The molecule has 0 saturated carbocycles. The van der Waals surface area contributed by atoms with E-state index in [1.165, 1.54) is 18.3 Å². The Morgan fingerprint density at radius 1 is 1.07 bits per heavy atom. The minimum Gasteiger partial charge on any atom is -0.488 e. The van der Waals surface area contributed by atoms with Gasteiger partial charge in [0.15, 0.2) is 0 Å². The molecule has 0 fully saturated rings. The third-order valence-electron chi connectivity index (χ3n) is 4.10. The Morgan fingerprint density at radius 3 is 2.50 bits per heavy atom. The van der Waals surface area contributed by atoms with Crippen LogP contribution >= 0.6 is 15.9 Å². The first-order chi connectivity index (χ1) is 14.4. The number of hydrogen-bond acceptors (Lipinski definition) is 4. The summed E-state index contributed by atoms with van der Waals surface area (Å²) >= 11 is 3.39. The molecule has 152 valence electrons. The lowest BCUT2D eigenvalue weighted by Gasteiger charge is -2.11. The van der Waals surface area contributed by atoms with Crippen molar-refractivity contribution in [1.29, 1.82) is 5.26 Å². The number of hydrogen-bond donors (Lipinski definition) is 1. The second kappa shape index (κ2) is 9.46. The summed E-state index contributed by atoms with van der Waals surface area (Å²) in [6, 6.07) is 19.2. The van der Waals surface area contributed by atoms with Crippen molar-refractivity contribution in [2.75, 3.05) is 5.43 Å². The highest BCUT2D eigenvalue weighted by Gasteiger charge is 2.29. The molecule has 0 aliphatic heterocycles. The molecule has 1 N–H and O–H groups in total. The second-order valence-corrected chi connectivity index (χ2v) is 7.10. The van der Waals surface area contributed by atoms with Gasteiger partial charge in [0.1, 0.15) is 12.4 Å². The number of nitrogens with zero attached hydrogens (tertiary/aromatic N) is 2. The Hall–Kier alpha value is -3.31. The first-order valence-corrected chi connectivity index (χ1v) is 9.53. The van der Waals surface area contributed by atoms with E-state index >= 15 is 0 Å². The number of rotatable bonds is 6. The van der Waals surface area contributed by atoms with Gasteiger partial charge < -0.3 is 4.74 Å². The highest BCUT2D eigenvalue weighted by Crippen LogP contribution is 2.30. The highest BCUT2D eigenvalue weighted by molar-refractivity contribution is 9.10. The molecule has 0 amide bonds. The van der Waals surface area contributed by atoms with Gasteiger partial charge in [-0.05, 0) is 48.5 Å². The summed E-state index contributed by atoms with van der Waals surface area (Å²) in [5.74, 6) is 0.545. The predicted molar refractivity (Wildman–Crippen MR) is 112 cm³/mol. The Bertz CT molecular complexity index is 1090.